The molecule has 1 aliphatic heterocycles. The topological polar surface area (TPSA) is 99.3 Å². The van der Waals surface area contributed by atoms with Gasteiger partial charge in [0.05, 0.1) is 0 Å². The van der Waals surface area contributed by atoms with Crippen LogP contribution >= 0.6 is 0 Å². The maximum absolute atomic E-state index is 12.4. The van der Waals surface area contributed by atoms with Crippen molar-refractivity contribution in [2.45, 2.75) is 25.3 Å². The van der Waals surface area contributed by atoms with Crippen molar-refractivity contribution in [3.05, 3.63) is 78.5 Å². The van der Waals surface area contributed by atoms with Crippen molar-refractivity contribution < 1.29 is 9.59 Å². The number of rotatable bonds is 6. The number of benzene rings is 2. The molecule has 4 rings (SSSR count). The van der Waals surface area contributed by atoms with Crippen LogP contribution in [0.4, 0.5) is 22.0 Å². The molecule has 0 spiro atoms. The summed E-state index contributed by atoms with van der Waals surface area (Å²) in [6.45, 7) is 1.33. The standard InChI is InChI=1S/C24H26N6O2/c31-23(26-18-9-3-1-4-10-18)21-14-15-22(29-28-21)30-16-8-7-13-20(30)17-25-24(32)27-19-11-5-2-6-12-19/h1-6,9-12,14-15,20H,7-8,13,16-17H2,(H,26,31)(H2,25,27,32). The average molecular weight is 431 g/mol. The highest BCUT2D eigenvalue weighted by molar-refractivity contribution is 6.02. The first-order chi connectivity index (χ1) is 15.7. The van der Waals surface area contributed by atoms with Crippen LogP contribution in [-0.2, 0) is 0 Å². The summed E-state index contributed by atoms with van der Waals surface area (Å²) in [6, 6.07) is 22.0. The first-order valence-electron chi connectivity index (χ1n) is 10.8. The lowest BCUT2D eigenvalue weighted by Crippen LogP contribution is -2.48. The van der Waals surface area contributed by atoms with Crippen molar-refractivity contribution in [3.8, 4) is 0 Å². The van der Waals surface area contributed by atoms with Crippen molar-refractivity contribution in [2.24, 2.45) is 0 Å². The van der Waals surface area contributed by atoms with Crippen LogP contribution in [-0.4, -0.2) is 41.3 Å². The van der Waals surface area contributed by atoms with Gasteiger partial charge in [0, 0.05) is 30.5 Å². The third-order valence-electron chi connectivity index (χ3n) is 5.37. The van der Waals surface area contributed by atoms with E-state index in [1.807, 2.05) is 66.7 Å². The molecular formula is C24H26N6O2. The zero-order valence-electron chi connectivity index (χ0n) is 17.7. The number of aromatic nitrogens is 2. The van der Waals surface area contributed by atoms with Gasteiger partial charge in [-0.25, -0.2) is 4.79 Å². The molecule has 1 saturated heterocycles. The van der Waals surface area contributed by atoms with Gasteiger partial charge in [-0.2, -0.15) is 0 Å². The average Bonchev–Trinajstić information content (AvgIpc) is 2.84. The van der Waals surface area contributed by atoms with Gasteiger partial charge in [-0.3, -0.25) is 4.79 Å². The van der Waals surface area contributed by atoms with Gasteiger partial charge in [0.15, 0.2) is 11.5 Å². The minimum atomic E-state index is -0.301. The fraction of sp³-hybridized carbons (Fsp3) is 0.250. The summed E-state index contributed by atoms with van der Waals surface area (Å²) in [4.78, 5) is 26.8. The summed E-state index contributed by atoms with van der Waals surface area (Å²) >= 11 is 0. The molecule has 164 valence electrons. The largest absolute Gasteiger partial charge is 0.350 e. The molecule has 0 saturated carbocycles. The van der Waals surface area contributed by atoms with Crippen LogP contribution in [0, 0.1) is 0 Å². The Bertz CT molecular complexity index is 1030. The van der Waals surface area contributed by atoms with Crippen molar-refractivity contribution in [1.82, 2.24) is 15.5 Å². The summed E-state index contributed by atoms with van der Waals surface area (Å²) in [5.74, 6) is 0.404. The third-order valence-corrected chi connectivity index (χ3v) is 5.37. The molecule has 1 fully saturated rings. The van der Waals surface area contributed by atoms with Gasteiger partial charge in [-0.15, -0.1) is 10.2 Å². The van der Waals surface area contributed by atoms with E-state index in [-0.39, 0.29) is 23.7 Å². The van der Waals surface area contributed by atoms with E-state index < -0.39 is 0 Å². The van der Waals surface area contributed by atoms with E-state index >= 15 is 0 Å². The molecule has 3 N–H and O–H groups in total. The lowest BCUT2D eigenvalue weighted by atomic mass is 10.0. The maximum atomic E-state index is 12.4. The maximum Gasteiger partial charge on any atom is 0.319 e. The van der Waals surface area contributed by atoms with E-state index in [1.54, 1.807) is 6.07 Å². The van der Waals surface area contributed by atoms with Crippen molar-refractivity contribution in [2.75, 3.05) is 28.6 Å². The number of anilines is 3. The van der Waals surface area contributed by atoms with Gasteiger partial charge in [0.1, 0.15) is 0 Å². The number of nitrogens with zero attached hydrogens (tertiary/aromatic N) is 3. The molecule has 0 bridgehead atoms. The monoisotopic (exact) mass is 430 g/mol. The fourth-order valence-electron chi connectivity index (χ4n) is 3.74. The van der Waals surface area contributed by atoms with E-state index in [1.165, 1.54) is 0 Å². The Morgan fingerprint density at radius 1 is 0.844 bits per heavy atom. The Morgan fingerprint density at radius 3 is 2.19 bits per heavy atom. The second-order valence-electron chi connectivity index (χ2n) is 7.64. The quantitative estimate of drug-likeness (QED) is 0.551. The number of piperidine rings is 1. The number of carbonyl (C=O) groups excluding carboxylic acids is 2. The van der Waals surface area contributed by atoms with Crippen LogP contribution in [0.1, 0.15) is 29.8 Å². The van der Waals surface area contributed by atoms with Crippen molar-refractivity contribution >= 4 is 29.1 Å². The molecule has 3 amide bonds. The van der Waals surface area contributed by atoms with Gasteiger partial charge in [-0.05, 0) is 55.7 Å². The molecule has 1 aromatic heterocycles. The molecule has 1 atom stereocenters. The van der Waals surface area contributed by atoms with Gasteiger partial charge in [-0.1, -0.05) is 36.4 Å². The Hall–Kier alpha value is -3.94. The summed E-state index contributed by atoms with van der Waals surface area (Å²) in [7, 11) is 0. The summed E-state index contributed by atoms with van der Waals surface area (Å²) in [5.41, 5.74) is 1.71. The van der Waals surface area contributed by atoms with Crippen LogP contribution in [0.3, 0.4) is 0 Å². The van der Waals surface area contributed by atoms with Crippen LogP contribution < -0.4 is 20.9 Å². The van der Waals surface area contributed by atoms with E-state index in [4.69, 9.17) is 0 Å². The molecule has 1 unspecified atom stereocenters. The predicted octanol–water partition coefficient (Wildman–Crippen LogP) is 3.91. The normalized spacial score (nSPS) is 15.6. The first-order valence-corrected chi connectivity index (χ1v) is 10.8. The van der Waals surface area contributed by atoms with Crippen LogP contribution in [0.25, 0.3) is 0 Å². The molecule has 8 heteroatoms. The molecule has 2 aromatic carbocycles. The summed E-state index contributed by atoms with van der Waals surface area (Å²) in [5, 5.41) is 17.0. The van der Waals surface area contributed by atoms with E-state index in [0.29, 0.717) is 18.1 Å². The minimum Gasteiger partial charge on any atom is -0.350 e. The second-order valence-corrected chi connectivity index (χ2v) is 7.64. The predicted molar refractivity (Wildman–Crippen MR) is 125 cm³/mol. The molecule has 8 nitrogen and oxygen atoms in total. The lowest BCUT2D eigenvalue weighted by molar-refractivity contribution is 0.102. The highest BCUT2D eigenvalue weighted by Crippen LogP contribution is 2.22. The zero-order valence-corrected chi connectivity index (χ0v) is 17.7. The van der Waals surface area contributed by atoms with Crippen LogP contribution in [0.2, 0.25) is 0 Å². The number of hydrogen-bond acceptors (Lipinski definition) is 5. The Labute approximate surface area is 187 Å². The molecule has 1 aliphatic rings. The second kappa shape index (κ2) is 10.4. The summed E-state index contributed by atoms with van der Waals surface area (Å²) in [6.07, 6.45) is 3.09. The zero-order chi connectivity index (χ0) is 22.2. The van der Waals surface area contributed by atoms with Crippen LogP contribution in [0.15, 0.2) is 72.8 Å². The summed E-state index contributed by atoms with van der Waals surface area (Å²) < 4.78 is 0. The van der Waals surface area contributed by atoms with Crippen molar-refractivity contribution in [3.63, 3.8) is 0 Å². The van der Waals surface area contributed by atoms with Gasteiger partial charge >= 0.3 is 6.03 Å². The number of nitrogens with one attached hydrogen (secondary N) is 3. The molecule has 0 radical (unpaired) electrons. The highest BCUT2D eigenvalue weighted by atomic mass is 16.2. The van der Waals surface area contributed by atoms with Gasteiger partial charge in [0.25, 0.3) is 5.91 Å². The molecule has 2 heterocycles. The smallest absolute Gasteiger partial charge is 0.319 e. The third kappa shape index (κ3) is 5.60. The Kier molecular flexibility index (Phi) is 6.91. The SMILES string of the molecule is O=C(NCC1CCCCN1c1ccc(C(=O)Nc2ccccc2)nn1)Nc1ccccc1. The van der Waals surface area contributed by atoms with Gasteiger partial charge in [0.2, 0.25) is 0 Å². The molecule has 3 aromatic rings. The first kappa shape index (κ1) is 21.3. The highest BCUT2D eigenvalue weighted by Gasteiger charge is 2.24. The molecular weight excluding hydrogens is 404 g/mol. The Balaban J connectivity index is 1.35. The Morgan fingerprint density at radius 2 is 1.53 bits per heavy atom. The molecule has 0 aliphatic carbocycles. The number of carbonyl (C=O) groups is 2. The number of urea groups is 1. The number of amides is 3. The number of para-hydroxylation sites is 2. The number of hydrogen-bond donors (Lipinski definition) is 3. The molecule has 32 heavy (non-hydrogen) atoms. The van der Waals surface area contributed by atoms with Gasteiger partial charge < -0.3 is 20.9 Å². The minimum absolute atomic E-state index is 0.114. The van der Waals surface area contributed by atoms with E-state index in [2.05, 4.69) is 31.0 Å². The lowest BCUT2D eigenvalue weighted by Gasteiger charge is -2.36. The van der Waals surface area contributed by atoms with Crippen molar-refractivity contribution in [1.29, 1.82) is 0 Å². The fourth-order valence-corrected chi connectivity index (χ4v) is 3.74. The van der Waals surface area contributed by atoms with Crippen LogP contribution in [0.5, 0.6) is 0 Å². The van der Waals surface area contributed by atoms with E-state index in [9.17, 15) is 9.59 Å². The van der Waals surface area contributed by atoms with E-state index in [0.717, 1.165) is 31.5 Å².